The predicted octanol–water partition coefficient (Wildman–Crippen LogP) is 3.80. The van der Waals surface area contributed by atoms with E-state index in [1.807, 2.05) is 6.07 Å². The van der Waals surface area contributed by atoms with E-state index in [2.05, 4.69) is 40.0 Å². The van der Waals surface area contributed by atoms with Crippen molar-refractivity contribution >= 4 is 15.9 Å². The lowest BCUT2D eigenvalue weighted by atomic mass is 10.1. The smallest absolute Gasteiger partial charge is 0.127 e. The SMILES string of the molecule is CC(C)CNCC1CCCN1Cc1cc(Br)ccc1F. The molecule has 1 fully saturated rings. The molecule has 1 heterocycles. The molecule has 1 saturated heterocycles. The lowest BCUT2D eigenvalue weighted by Gasteiger charge is -2.25. The average Bonchev–Trinajstić information content (AvgIpc) is 2.81. The number of hydrogen-bond donors (Lipinski definition) is 1. The van der Waals surface area contributed by atoms with E-state index in [1.165, 1.54) is 12.8 Å². The van der Waals surface area contributed by atoms with E-state index < -0.39 is 0 Å². The molecule has 0 amide bonds. The highest BCUT2D eigenvalue weighted by atomic mass is 79.9. The summed E-state index contributed by atoms with van der Waals surface area (Å²) in [7, 11) is 0. The van der Waals surface area contributed by atoms with Crippen molar-refractivity contribution in [3.05, 3.63) is 34.1 Å². The van der Waals surface area contributed by atoms with Crippen molar-refractivity contribution in [1.29, 1.82) is 0 Å². The number of halogens is 2. The minimum atomic E-state index is -0.103. The van der Waals surface area contributed by atoms with Crippen LogP contribution in [0.15, 0.2) is 22.7 Å². The van der Waals surface area contributed by atoms with Gasteiger partial charge < -0.3 is 5.32 Å². The number of benzene rings is 1. The molecule has 1 aromatic carbocycles. The number of rotatable bonds is 6. The number of nitrogens with zero attached hydrogens (tertiary/aromatic N) is 1. The third-order valence-electron chi connectivity index (χ3n) is 3.81. The van der Waals surface area contributed by atoms with Crippen LogP contribution in [0.3, 0.4) is 0 Å². The van der Waals surface area contributed by atoms with Crippen LogP contribution >= 0.6 is 15.9 Å². The van der Waals surface area contributed by atoms with Crippen LogP contribution in [-0.2, 0) is 6.54 Å². The maximum absolute atomic E-state index is 13.8. The Labute approximate surface area is 129 Å². The first-order valence-electron chi connectivity index (χ1n) is 7.45. The van der Waals surface area contributed by atoms with Crippen molar-refractivity contribution in [2.75, 3.05) is 19.6 Å². The molecule has 0 saturated carbocycles. The maximum atomic E-state index is 13.8. The van der Waals surface area contributed by atoms with Crippen LogP contribution in [0.1, 0.15) is 32.3 Å². The molecule has 0 aliphatic carbocycles. The molecular formula is C16H24BrFN2. The van der Waals surface area contributed by atoms with Gasteiger partial charge in [0.2, 0.25) is 0 Å². The van der Waals surface area contributed by atoms with Crippen LogP contribution in [0.4, 0.5) is 4.39 Å². The van der Waals surface area contributed by atoms with Gasteiger partial charge in [-0.3, -0.25) is 4.90 Å². The van der Waals surface area contributed by atoms with Crippen LogP contribution in [-0.4, -0.2) is 30.6 Å². The Morgan fingerprint density at radius 2 is 2.25 bits per heavy atom. The molecule has 1 aromatic rings. The molecule has 4 heteroatoms. The largest absolute Gasteiger partial charge is 0.315 e. The molecule has 0 spiro atoms. The summed E-state index contributed by atoms with van der Waals surface area (Å²) < 4.78 is 14.8. The van der Waals surface area contributed by atoms with Crippen LogP contribution in [0, 0.1) is 11.7 Å². The van der Waals surface area contributed by atoms with E-state index in [9.17, 15) is 4.39 Å². The zero-order valence-corrected chi connectivity index (χ0v) is 13.9. The minimum Gasteiger partial charge on any atom is -0.315 e. The minimum absolute atomic E-state index is 0.103. The first kappa shape index (κ1) is 15.9. The van der Waals surface area contributed by atoms with Crippen molar-refractivity contribution < 1.29 is 4.39 Å². The van der Waals surface area contributed by atoms with Gasteiger partial charge in [-0.25, -0.2) is 4.39 Å². The molecule has 0 radical (unpaired) electrons. The molecule has 1 aliphatic heterocycles. The zero-order valence-electron chi connectivity index (χ0n) is 12.3. The summed E-state index contributed by atoms with van der Waals surface area (Å²) in [4.78, 5) is 2.40. The lowest BCUT2D eigenvalue weighted by molar-refractivity contribution is 0.234. The second kappa shape index (κ2) is 7.53. The van der Waals surface area contributed by atoms with E-state index >= 15 is 0 Å². The molecule has 1 atom stereocenters. The van der Waals surface area contributed by atoms with Gasteiger partial charge in [-0.15, -0.1) is 0 Å². The van der Waals surface area contributed by atoms with Crippen LogP contribution in [0.25, 0.3) is 0 Å². The molecule has 1 N–H and O–H groups in total. The first-order valence-corrected chi connectivity index (χ1v) is 8.24. The Kier molecular flexibility index (Phi) is 6.00. The standard InChI is InChI=1S/C16H24BrFN2/c1-12(2)9-19-10-15-4-3-7-20(15)11-13-8-14(17)5-6-16(13)18/h5-6,8,12,15,19H,3-4,7,9-11H2,1-2H3. The van der Waals surface area contributed by atoms with Gasteiger partial charge in [0.25, 0.3) is 0 Å². The summed E-state index contributed by atoms with van der Waals surface area (Å²) in [5, 5.41) is 3.52. The molecular weight excluding hydrogens is 319 g/mol. The van der Waals surface area contributed by atoms with E-state index in [0.717, 1.165) is 29.7 Å². The van der Waals surface area contributed by atoms with E-state index in [1.54, 1.807) is 12.1 Å². The molecule has 112 valence electrons. The van der Waals surface area contributed by atoms with Gasteiger partial charge in [-0.05, 0) is 50.0 Å². The van der Waals surface area contributed by atoms with Gasteiger partial charge in [0.15, 0.2) is 0 Å². The third kappa shape index (κ3) is 4.54. The average molecular weight is 343 g/mol. The highest BCUT2D eigenvalue weighted by Gasteiger charge is 2.24. The van der Waals surface area contributed by atoms with Crippen molar-refractivity contribution in [2.24, 2.45) is 5.92 Å². The predicted molar refractivity (Wildman–Crippen MR) is 85.2 cm³/mol. The van der Waals surface area contributed by atoms with Crippen molar-refractivity contribution in [3.63, 3.8) is 0 Å². The summed E-state index contributed by atoms with van der Waals surface area (Å²) in [5.74, 6) is 0.571. The number of likely N-dealkylation sites (tertiary alicyclic amines) is 1. The van der Waals surface area contributed by atoms with E-state index in [-0.39, 0.29) is 5.82 Å². The number of hydrogen-bond acceptors (Lipinski definition) is 2. The van der Waals surface area contributed by atoms with Gasteiger partial charge in [0, 0.05) is 29.2 Å². The van der Waals surface area contributed by atoms with Crippen molar-refractivity contribution in [2.45, 2.75) is 39.3 Å². The van der Waals surface area contributed by atoms with Crippen LogP contribution in [0.5, 0.6) is 0 Å². The van der Waals surface area contributed by atoms with Crippen LogP contribution < -0.4 is 5.32 Å². The Morgan fingerprint density at radius 3 is 3.00 bits per heavy atom. The fraction of sp³-hybridized carbons (Fsp3) is 0.625. The Hall–Kier alpha value is -0.450. The normalized spacial score (nSPS) is 19.9. The van der Waals surface area contributed by atoms with E-state index in [0.29, 0.717) is 18.5 Å². The fourth-order valence-corrected chi connectivity index (χ4v) is 3.16. The Morgan fingerprint density at radius 1 is 1.45 bits per heavy atom. The number of nitrogens with one attached hydrogen (secondary N) is 1. The fourth-order valence-electron chi connectivity index (χ4n) is 2.76. The Bertz CT molecular complexity index is 436. The van der Waals surface area contributed by atoms with Crippen LogP contribution in [0.2, 0.25) is 0 Å². The monoisotopic (exact) mass is 342 g/mol. The van der Waals surface area contributed by atoms with Gasteiger partial charge in [0.05, 0.1) is 0 Å². The van der Waals surface area contributed by atoms with Crippen molar-refractivity contribution in [1.82, 2.24) is 10.2 Å². The van der Waals surface area contributed by atoms with E-state index in [4.69, 9.17) is 0 Å². The highest BCUT2D eigenvalue weighted by molar-refractivity contribution is 9.10. The summed E-state index contributed by atoms with van der Waals surface area (Å²) in [6, 6.07) is 5.73. The zero-order chi connectivity index (χ0) is 14.5. The first-order chi connectivity index (χ1) is 9.56. The van der Waals surface area contributed by atoms with Gasteiger partial charge in [-0.2, -0.15) is 0 Å². The summed E-state index contributed by atoms with van der Waals surface area (Å²) in [6.45, 7) is 8.27. The van der Waals surface area contributed by atoms with Gasteiger partial charge in [0.1, 0.15) is 5.82 Å². The Balaban J connectivity index is 1.92. The third-order valence-corrected chi connectivity index (χ3v) is 4.31. The topological polar surface area (TPSA) is 15.3 Å². The quantitative estimate of drug-likeness (QED) is 0.845. The van der Waals surface area contributed by atoms with Gasteiger partial charge in [-0.1, -0.05) is 29.8 Å². The van der Waals surface area contributed by atoms with Gasteiger partial charge >= 0.3 is 0 Å². The summed E-state index contributed by atoms with van der Waals surface area (Å²) >= 11 is 3.42. The molecule has 0 bridgehead atoms. The lowest BCUT2D eigenvalue weighted by Crippen LogP contribution is -2.38. The summed E-state index contributed by atoms with van der Waals surface area (Å²) in [6.07, 6.45) is 2.42. The summed E-state index contributed by atoms with van der Waals surface area (Å²) in [5.41, 5.74) is 0.787. The second-order valence-electron chi connectivity index (χ2n) is 6.05. The molecule has 1 unspecified atom stereocenters. The molecule has 1 aliphatic rings. The molecule has 0 aromatic heterocycles. The highest BCUT2D eigenvalue weighted by Crippen LogP contribution is 2.23. The molecule has 20 heavy (non-hydrogen) atoms. The molecule has 2 rings (SSSR count). The maximum Gasteiger partial charge on any atom is 0.127 e. The second-order valence-corrected chi connectivity index (χ2v) is 6.97. The van der Waals surface area contributed by atoms with Crippen molar-refractivity contribution in [3.8, 4) is 0 Å². The molecule has 2 nitrogen and oxygen atoms in total.